The molecule has 3 nitrogen and oxygen atoms in total. The Balaban J connectivity index is 2.56. The maximum absolute atomic E-state index is 10.8. The van der Waals surface area contributed by atoms with Gasteiger partial charge in [0.05, 0.1) is 16.9 Å². The molecule has 0 saturated carbocycles. The summed E-state index contributed by atoms with van der Waals surface area (Å²) in [6, 6.07) is 7.79. The van der Waals surface area contributed by atoms with Gasteiger partial charge in [0.15, 0.2) is 6.29 Å². The van der Waals surface area contributed by atoms with E-state index in [9.17, 15) is 4.79 Å². The van der Waals surface area contributed by atoms with Gasteiger partial charge in [-0.15, -0.1) is 0 Å². The summed E-state index contributed by atoms with van der Waals surface area (Å²) in [5, 5.41) is 4.59. The number of benzene rings is 1. The molecule has 0 saturated heterocycles. The molecule has 16 heavy (non-hydrogen) atoms. The van der Waals surface area contributed by atoms with Gasteiger partial charge in [0.1, 0.15) is 5.15 Å². The number of carbonyl (C=O) groups excluding carboxylic acids is 1. The van der Waals surface area contributed by atoms with Gasteiger partial charge in [-0.3, -0.25) is 4.79 Å². The standard InChI is InChI=1S/C12H11ClN2O/c1-8-3-5-10(6-4-8)15-12(13)11(7-16)9(2)14-15/h3-7H,1-2H3. The largest absolute Gasteiger partial charge is 0.298 e. The minimum atomic E-state index is 0.358. The molecule has 0 amide bonds. The summed E-state index contributed by atoms with van der Waals surface area (Å²) in [7, 11) is 0. The summed E-state index contributed by atoms with van der Waals surface area (Å²) >= 11 is 6.07. The molecule has 0 radical (unpaired) electrons. The quantitative estimate of drug-likeness (QED) is 0.749. The Hall–Kier alpha value is -1.61. The van der Waals surface area contributed by atoms with Crippen molar-refractivity contribution in [1.82, 2.24) is 9.78 Å². The van der Waals surface area contributed by atoms with E-state index in [1.165, 1.54) is 5.56 Å². The van der Waals surface area contributed by atoms with Crippen LogP contribution >= 0.6 is 11.6 Å². The fourth-order valence-electron chi connectivity index (χ4n) is 1.50. The van der Waals surface area contributed by atoms with Crippen LogP contribution in [-0.4, -0.2) is 16.1 Å². The van der Waals surface area contributed by atoms with E-state index in [4.69, 9.17) is 11.6 Å². The zero-order valence-corrected chi connectivity index (χ0v) is 9.82. The average molecular weight is 235 g/mol. The van der Waals surface area contributed by atoms with E-state index >= 15 is 0 Å². The maximum atomic E-state index is 10.8. The lowest BCUT2D eigenvalue weighted by atomic mass is 10.2. The number of hydrogen-bond donors (Lipinski definition) is 0. The summed E-state index contributed by atoms with van der Waals surface area (Å²) in [5.41, 5.74) is 3.11. The Kier molecular flexibility index (Phi) is 2.79. The Morgan fingerprint density at radius 1 is 1.25 bits per heavy atom. The topological polar surface area (TPSA) is 34.9 Å². The molecule has 4 heteroatoms. The summed E-state index contributed by atoms with van der Waals surface area (Å²) in [6.07, 6.45) is 0.732. The third kappa shape index (κ3) is 1.74. The van der Waals surface area contributed by atoms with Crippen LogP contribution < -0.4 is 0 Å². The third-order valence-electron chi connectivity index (χ3n) is 2.44. The molecule has 82 valence electrons. The number of nitrogens with zero attached hydrogens (tertiary/aromatic N) is 2. The van der Waals surface area contributed by atoms with E-state index < -0.39 is 0 Å². The number of carbonyl (C=O) groups is 1. The van der Waals surface area contributed by atoms with Gasteiger partial charge in [-0.25, -0.2) is 4.68 Å². The highest BCUT2D eigenvalue weighted by Gasteiger charge is 2.13. The first kappa shape index (κ1) is 10.9. The Morgan fingerprint density at radius 2 is 1.88 bits per heavy atom. The van der Waals surface area contributed by atoms with E-state index in [1.807, 2.05) is 31.2 Å². The van der Waals surface area contributed by atoms with E-state index in [0.29, 0.717) is 16.4 Å². The van der Waals surface area contributed by atoms with Crippen molar-refractivity contribution in [2.24, 2.45) is 0 Å². The molecule has 1 aromatic heterocycles. The maximum Gasteiger partial charge on any atom is 0.155 e. The predicted molar refractivity (Wildman–Crippen MR) is 63.4 cm³/mol. The van der Waals surface area contributed by atoms with Gasteiger partial charge in [-0.05, 0) is 26.0 Å². The van der Waals surface area contributed by atoms with Crippen molar-refractivity contribution in [2.45, 2.75) is 13.8 Å². The predicted octanol–water partition coefficient (Wildman–Crippen LogP) is 2.96. The lowest BCUT2D eigenvalue weighted by molar-refractivity contribution is 0.112. The SMILES string of the molecule is Cc1ccc(-n2nc(C)c(C=O)c2Cl)cc1. The van der Waals surface area contributed by atoms with E-state index in [2.05, 4.69) is 5.10 Å². The summed E-state index contributed by atoms with van der Waals surface area (Å²) in [5.74, 6) is 0. The highest BCUT2D eigenvalue weighted by molar-refractivity contribution is 6.32. The molecule has 2 aromatic rings. The number of halogens is 1. The van der Waals surface area contributed by atoms with Crippen molar-refractivity contribution in [3.8, 4) is 5.69 Å². The second-order valence-electron chi connectivity index (χ2n) is 3.66. The Morgan fingerprint density at radius 3 is 2.38 bits per heavy atom. The molecule has 0 aliphatic heterocycles. The van der Waals surface area contributed by atoms with Gasteiger partial charge in [-0.1, -0.05) is 29.3 Å². The zero-order valence-electron chi connectivity index (χ0n) is 9.07. The van der Waals surface area contributed by atoms with Crippen molar-refractivity contribution in [2.75, 3.05) is 0 Å². The first-order valence-corrected chi connectivity index (χ1v) is 5.28. The number of aryl methyl sites for hydroxylation is 2. The molecular formula is C12H11ClN2O. The van der Waals surface area contributed by atoms with Crippen molar-refractivity contribution in [3.05, 3.63) is 46.2 Å². The van der Waals surface area contributed by atoms with Crippen LogP contribution in [0.5, 0.6) is 0 Å². The van der Waals surface area contributed by atoms with Gasteiger partial charge in [0.2, 0.25) is 0 Å². The van der Waals surface area contributed by atoms with E-state index in [1.54, 1.807) is 11.6 Å². The molecule has 0 fully saturated rings. The van der Waals surface area contributed by atoms with Crippen LogP contribution in [0.1, 0.15) is 21.6 Å². The third-order valence-corrected chi connectivity index (χ3v) is 2.81. The van der Waals surface area contributed by atoms with Gasteiger partial charge in [0.25, 0.3) is 0 Å². The van der Waals surface area contributed by atoms with E-state index in [-0.39, 0.29) is 0 Å². The zero-order chi connectivity index (χ0) is 11.7. The minimum Gasteiger partial charge on any atom is -0.298 e. The molecule has 0 unspecified atom stereocenters. The van der Waals surface area contributed by atoms with Crippen LogP contribution in [0.3, 0.4) is 0 Å². The first-order valence-electron chi connectivity index (χ1n) is 4.91. The normalized spacial score (nSPS) is 10.4. The van der Waals surface area contributed by atoms with Crippen LogP contribution in [0.2, 0.25) is 5.15 Å². The molecule has 0 N–H and O–H groups in total. The van der Waals surface area contributed by atoms with Gasteiger partial charge < -0.3 is 0 Å². The average Bonchev–Trinajstić information content (AvgIpc) is 2.55. The molecule has 0 aliphatic carbocycles. The molecule has 0 atom stereocenters. The fourth-order valence-corrected chi connectivity index (χ4v) is 1.82. The lowest BCUT2D eigenvalue weighted by Gasteiger charge is -2.03. The van der Waals surface area contributed by atoms with Crippen molar-refractivity contribution in [3.63, 3.8) is 0 Å². The van der Waals surface area contributed by atoms with Crippen LogP contribution in [0.15, 0.2) is 24.3 Å². The molecule has 0 spiro atoms. The molecule has 1 aromatic carbocycles. The van der Waals surface area contributed by atoms with Gasteiger partial charge in [0, 0.05) is 0 Å². The highest BCUT2D eigenvalue weighted by atomic mass is 35.5. The minimum absolute atomic E-state index is 0.358. The van der Waals surface area contributed by atoms with Crippen molar-refractivity contribution in [1.29, 1.82) is 0 Å². The fraction of sp³-hybridized carbons (Fsp3) is 0.167. The van der Waals surface area contributed by atoms with Gasteiger partial charge in [-0.2, -0.15) is 5.10 Å². The van der Waals surface area contributed by atoms with Crippen LogP contribution in [-0.2, 0) is 0 Å². The number of aldehydes is 1. The summed E-state index contributed by atoms with van der Waals surface area (Å²) in [6.45, 7) is 3.77. The molecule has 2 rings (SSSR count). The molecule has 0 bridgehead atoms. The molecule has 0 aliphatic rings. The second kappa shape index (κ2) is 4.10. The molecular weight excluding hydrogens is 224 g/mol. The Bertz CT molecular complexity index is 529. The van der Waals surface area contributed by atoms with Crippen LogP contribution in [0, 0.1) is 13.8 Å². The van der Waals surface area contributed by atoms with Gasteiger partial charge >= 0.3 is 0 Å². The first-order chi connectivity index (χ1) is 7.63. The Labute approximate surface area is 98.7 Å². The number of aromatic nitrogens is 2. The highest BCUT2D eigenvalue weighted by Crippen LogP contribution is 2.21. The van der Waals surface area contributed by atoms with Crippen molar-refractivity contribution >= 4 is 17.9 Å². The lowest BCUT2D eigenvalue weighted by Crippen LogP contribution is -1.96. The van der Waals surface area contributed by atoms with E-state index in [0.717, 1.165) is 12.0 Å². The number of rotatable bonds is 2. The summed E-state index contributed by atoms with van der Waals surface area (Å²) < 4.78 is 1.57. The smallest absolute Gasteiger partial charge is 0.155 e. The molecule has 1 heterocycles. The number of hydrogen-bond acceptors (Lipinski definition) is 2. The second-order valence-corrected chi connectivity index (χ2v) is 4.01. The monoisotopic (exact) mass is 234 g/mol. The van der Waals surface area contributed by atoms with Crippen molar-refractivity contribution < 1.29 is 4.79 Å². The summed E-state index contributed by atoms with van der Waals surface area (Å²) in [4.78, 5) is 10.8. The van der Waals surface area contributed by atoms with Crippen LogP contribution in [0.4, 0.5) is 0 Å². The van der Waals surface area contributed by atoms with Crippen LogP contribution in [0.25, 0.3) is 5.69 Å².